The maximum Gasteiger partial charge on any atom is 0.220 e. The molecule has 1 fully saturated rings. The van der Waals surface area contributed by atoms with E-state index in [1.165, 1.54) is 23.3 Å². The van der Waals surface area contributed by atoms with Crippen molar-refractivity contribution in [3.63, 3.8) is 0 Å². The van der Waals surface area contributed by atoms with E-state index in [1.54, 1.807) is 14.2 Å². The number of hydrogen-bond donors (Lipinski definition) is 1. The van der Waals surface area contributed by atoms with Crippen LogP contribution >= 0.6 is 11.3 Å². The van der Waals surface area contributed by atoms with Crippen molar-refractivity contribution in [2.45, 2.75) is 45.7 Å². The maximum atomic E-state index is 12.4. The summed E-state index contributed by atoms with van der Waals surface area (Å²) in [6.07, 6.45) is 3.97. The fraction of sp³-hybridized carbons (Fsp3) is 0.522. The molecule has 1 aliphatic heterocycles. The number of thiophene rings is 1. The minimum Gasteiger partial charge on any atom is -0.497 e. The Morgan fingerprint density at radius 2 is 2.14 bits per heavy atom. The molecule has 158 valence electrons. The Bertz CT molecular complexity index is 805. The molecule has 1 amide bonds. The van der Waals surface area contributed by atoms with Crippen LogP contribution in [0, 0.1) is 12.8 Å². The number of rotatable bonds is 9. The first-order chi connectivity index (χ1) is 14.1. The van der Waals surface area contributed by atoms with Gasteiger partial charge in [0.1, 0.15) is 11.5 Å². The van der Waals surface area contributed by atoms with Crippen LogP contribution in [0.2, 0.25) is 0 Å². The third kappa shape index (κ3) is 6.21. The van der Waals surface area contributed by atoms with Crippen molar-refractivity contribution in [3.8, 4) is 11.5 Å². The van der Waals surface area contributed by atoms with Crippen LogP contribution in [0.5, 0.6) is 11.5 Å². The maximum absolute atomic E-state index is 12.4. The number of nitrogens with one attached hydrogen (secondary N) is 1. The van der Waals surface area contributed by atoms with Crippen LogP contribution in [0.1, 0.15) is 41.7 Å². The van der Waals surface area contributed by atoms with Gasteiger partial charge in [-0.05, 0) is 67.8 Å². The fourth-order valence-electron chi connectivity index (χ4n) is 3.92. The third-order valence-corrected chi connectivity index (χ3v) is 6.70. The molecule has 1 N–H and O–H groups in total. The molecule has 1 aromatic heterocycles. The van der Waals surface area contributed by atoms with Gasteiger partial charge in [-0.3, -0.25) is 9.69 Å². The highest BCUT2D eigenvalue weighted by molar-refractivity contribution is 7.10. The zero-order valence-corrected chi connectivity index (χ0v) is 18.5. The van der Waals surface area contributed by atoms with E-state index in [0.29, 0.717) is 18.9 Å². The standard InChI is InChI=1S/C23H32N2O3S/c1-17-10-12-29-22(17)16-25-11-4-5-18(15-25)6-9-23(26)24-14-19-7-8-20(27-2)13-21(19)28-3/h7-8,10,12-13,18H,4-6,9,11,14-16H2,1-3H3,(H,24,26)/t18-/m0/s1. The lowest BCUT2D eigenvalue weighted by molar-refractivity contribution is -0.121. The summed E-state index contributed by atoms with van der Waals surface area (Å²) in [5.74, 6) is 2.19. The predicted molar refractivity (Wildman–Crippen MR) is 118 cm³/mol. The van der Waals surface area contributed by atoms with Crippen LogP contribution in [0.25, 0.3) is 0 Å². The first-order valence-corrected chi connectivity index (χ1v) is 11.2. The summed E-state index contributed by atoms with van der Waals surface area (Å²) in [6.45, 7) is 5.97. The van der Waals surface area contributed by atoms with E-state index in [0.717, 1.165) is 43.1 Å². The third-order valence-electron chi connectivity index (χ3n) is 5.69. The lowest BCUT2D eigenvalue weighted by atomic mass is 9.93. The van der Waals surface area contributed by atoms with E-state index >= 15 is 0 Å². The fourth-order valence-corrected chi connectivity index (χ4v) is 4.86. The molecule has 1 aliphatic rings. The molecule has 2 aromatic rings. The number of aryl methyl sites for hydroxylation is 1. The highest BCUT2D eigenvalue weighted by Crippen LogP contribution is 2.26. The minimum absolute atomic E-state index is 0.106. The predicted octanol–water partition coefficient (Wildman–Crippen LogP) is 4.38. The van der Waals surface area contributed by atoms with Gasteiger partial charge in [0.05, 0.1) is 14.2 Å². The zero-order chi connectivity index (χ0) is 20.6. The van der Waals surface area contributed by atoms with Crippen molar-refractivity contribution in [1.82, 2.24) is 10.2 Å². The van der Waals surface area contributed by atoms with E-state index in [2.05, 4.69) is 28.6 Å². The first kappa shape index (κ1) is 21.7. The number of carbonyl (C=O) groups excluding carboxylic acids is 1. The average Bonchev–Trinajstić information content (AvgIpc) is 3.15. The van der Waals surface area contributed by atoms with Gasteiger partial charge in [-0.2, -0.15) is 0 Å². The molecule has 1 atom stereocenters. The Labute approximate surface area is 178 Å². The Morgan fingerprint density at radius 1 is 1.28 bits per heavy atom. The zero-order valence-electron chi connectivity index (χ0n) is 17.7. The Kier molecular flexibility index (Phi) is 7.95. The molecule has 0 saturated carbocycles. The van der Waals surface area contributed by atoms with Crippen molar-refractivity contribution in [3.05, 3.63) is 45.6 Å². The van der Waals surface area contributed by atoms with Crippen LogP contribution in [0.4, 0.5) is 0 Å². The average molecular weight is 417 g/mol. The number of likely N-dealkylation sites (tertiary alicyclic amines) is 1. The molecule has 29 heavy (non-hydrogen) atoms. The minimum atomic E-state index is 0.106. The van der Waals surface area contributed by atoms with Crippen molar-refractivity contribution in [1.29, 1.82) is 0 Å². The summed E-state index contributed by atoms with van der Waals surface area (Å²) in [5, 5.41) is 5.21. The second kappa shape index (κ2) is 10.6. The quantitative estimate of drug-likeness (QED) is 0.659. The first-order valence-electron chi connectivity index (χ1n) is 10.3. The van der Waals surface area contributed by atoms with E-state index < -0.39 is 0 Å². The number of hydrogen-bond acceptors (Lipinski definition) is 5. The SMILES string of the molecule is COc1ccc(CNC(=O)CC[C@@H]2CCCN(Cc3sccc3C)C2)c(OC)c1. The highest BCUT2D eigenvalue weighted by Gasteiger charge is 2.21. The van der Waals surface area contributed by atoms with Crippen LogP contribution in [0.15, 0.2) is 29.6 Å². The molecule has 1 saturated heterocycles. The Balaban J connectivity index is 1.42. The van der Waals surface area contributed by atoms with E-state index in [4.69, 9.17) is 9.47 Å². The molecule has 5 nitrogen and oxygen atoms in total. The van der Waals surface area contributed by atoms with Crippen molar-refractivity contribution in [2.24, 2.45) is 5.92 Å². The Hall–Kier alpha value is -2.05. The second-order valence-electron chi connectivity index (χ2n) is 7.76. The number of benzene rings is 1. The van der Waals surface area contributed by atoms with Crippen molar-refractivity contribution >= 4 is 17.2 Å². The summed E-state index contributed by atoms with van der Waals surface area (Å²) in [4.78, 5) is 16.4. The lowest BCUT2D eigenvalue weighted by Crippen LogP contribution is -2.35. The molecule has 1 aromatic carbocycles. The molecule has 0 spiro atoms. The van der Waals surface area contributed by atoms with Crippen LogP contribution in [-0.2, 0) is 17.9 Å². The van der Waals surface area contributed by atoms with Gasteiger partial charge in [0.2, 0.25) is 5.91 Å². The smallest absolute Gasteiger partial charge is 0.220 e. The monoisotopic (exact) mass is 416 g/mol. The van der Waals surface area contributed by atoms with Gasteiger partial charge in [-0.15, -0.1) is 11.3 Å². The van der Waals surface area contributed by atoms with E-state index in [9.17, 15) is 4.79 Å². The molecular weight excluding hydrogens is 384 g/mol. The normalized spacial score (nSPS) is 17.1. The van der Waals surface area contributed by atoms with Gasteiger partial charge in [-0.25, -0.2) is 0 Å². The van der Waals surface area contributed by atoms with Gasteiger partial charge < -0.3 is 14.8 Å². The lowest BCUT2D eigenvalue weighted by Gasteiger charge is -2.32. The molecule has 6 heteroatoms. The van der Waals surface area contributed by atoms with Crippen molar-refractivity contribution in [2.75, 3.05) is 27.3 Å². The number of methoxy groups -OCH3 is 2. The summed E-state index contributed by atoms with van der Waals surface area (Å²) in [6, 6.07) is 7.86. The van der Waals surface area contributed by atoms with Gasteiger partial charge in [0.15, 0.2) is 0 Å². The molecular formula is C23H32N2O3S. The molecule has 0 aliphatic carbocycles. The largest absolute Gasteiger partial charge is 0.497 e. The summed E-state index contributed by atoms with van der Waals surface area (Å²) in [7, 11) is 3.26. The number of carbonyl (C=O) groups is 1. The second-order valence-corrected chi connectivity index (χ2v) is 8.76. The van der Waals surface area contributed by atoms with Crippen molar-refractivity contribution < 1.29 is 14.3 Å². The number of nitrogens with zero attached hydrogens (tertiary/aromatic N) is 1. The molecule has 0 radical (unpaired) electrons. The summed E-state index contributed by atoms with van der Waals surface area (Å²) >= 11 is 1.85. The highest BCUT2D eigenvalue weighted by atomic mass is 32.1. The molecule has 2 heterocycles. The van der Waals surface area contributed by atoms with Crippen LogP contribution < -0.4 is 14.8 Å². The number of piperidine rings is 1. The molecule has 0 unspecified atom stereocenters. The molecule has 3 rings (SSSR count). The summed E-state index contributed by atoms with van der Waals surface area (Å²) in [5.41, 5.74) is 2.35. The van der Waals surface area contributed by atoms with Gasteiger partial charge in [0, 0.05) is 42.6 Å². The van der Waals surface area contributed by atoms with Crippen LogP contribution in [0.3, 0.4) is 0 Å². The van der Waals surface area contributed by atoms with E-state index in [1.807, 2.05) is 29.5 Å². The van der Waals surface area contributed by atoms with Crippen LogP contribution in [-0.4, -0.2) is 38.1 Å². The number of amides is 1. The summed E-state index contributed by atoms with van der Waals surface area (Å²) < 4.78 is 10.6. The topological polar surface area (TPSA) is 50.8 Å². The van der Waals surface area contributed by atoms with Gasteiger partial charge >= 0.3 is 0 Å². The van der Waals surface area contributed by atoms with Gasteiger partial charge in [0.25, 0.3) is 0 Å². The molecule has 0 bridgehead atoms. The van der Waals surface area contributed by atoms with E-state index in [-0.39, 0.29) is 5.91 Å². The van der Waals surface area contributed by atoms with Gasteiger partial charge in [-0.1, -0.05) is 0 Å². The number of ether oxygens (including phenoxy) is 2. The Morgan fingerprint density at radius 3 is 2.86 bits per heavy atom.